The summed E-state index contributed by atoms with van der Waals surface area (Å²) in [4.78, 5) is 11.4. The number of carbonyl (C=O) groups excluding carboxylic acids is 1. The van der Waals surface area contributed by atoms with Gasteiger partial charge < -0.3 is 20.5 Å². The summed E-state index contributed by atoms with van der Waals surface area (Å²) < 4.78 is 5.31. The lowest BCUT2D eigenvalue weighted by atomic mass is 10.2. The second kappa shape index (κ2) is 12.4. The molecule has 0 rings (SSSR count). The van der Waals surface area contributed by atoms with E-state index in [4.69, 9.17) is 4.74 Å². The van der Waals surface area contributed by atoms with Crippen LogP contribution < -0.4 is 10.6 Å². The summed E-state index contributed by atoms with van der Waals surface area (Å²) in [6.45, 7) is 9.04. The first-order valence-electron chi connectivity index (χ1n) is 7.29. The van der Waals surface area contributed by atoms with Gasteiger partial charge in [0.1, 0.15) is 0 Å². The van der Waals surface area contributed by atoms with Crippen LogP contribution in [0.3, 0.4) is 0 Å². The van der Waals surface area contributed by atoms with Crippen LogP contribution in [0.4, 0.5) is 0 Å². The quantitative estimate of drug-likeness (QED) is 0.463. The molecule has 0 aromatic carbocycles. The summed E-state index contributed by atoms with van der Waals surface area (Å²) in [5, 5.41) is 15.5. The number of hydrogen-bond acceptors (Lipinski definition) is 4. The molecular formula is C14H30N2O3. The first-order chi connectivity index (χ1) is 9.06. The Hall–Kier alpha value is -0.650. The average Bonchev–Trinajstić information content (AvgIpc) is 2.37. The van der Waals surface area contributed by atoms with Crippen LogP contribution in [0.25, 0.3) is 0 Å². The number of nitrogens with one attached hydrogen (secondary N) is 2. The first-order valence-corrected chi connectivity index (χ1v) is 7.29. The molecule has 0 heterocycles. The van der Waals surface area contributed by atoms with Crippen molar-refractivity contribution in [3.05, 3.63) is 0 Å². The van der Waals surface area contributed by atoms with Crippen molar-refractivity contribution in [3.8, 4) is 0 Å². The molecule has 114 valence electrons. The Morgan fingerprint density at radius 3 is 2.68 bits per heavy atom. The normalized spacial score (nSPS) is 12.7. The fourth-order valence-electron chi connectivity index (χ4n) is 1.40. The summed E-state index contributed by atoms with van der Waals surface area (Å²) in [5.74, 6) is 0.522. The maximum absolute atomic E-state index is 11.4. The van der Waals surface area contributed by atoms with Crippen molar-refractivity contribution >= 4 is 5.91 Å². The zero-order valence-electron chi connectivity index (χ0n) is 12.6. The molecule has 1 unspecified atom stereocenters. The Morgan fingerprint density at radius 1 is 1.32 bits per heavy atom. The number of aliphatic hydroxyl groups is 1. The molecule has 1 atom stereocenters. The van der Waals surface area contributed by atoms with Gasteiger partial charge in [0.25, 0.3) is 0 Å². The third-order valence-corrected chi connectivity index (χ3v) is 2.57. The maximum Gasteiger partial charge on any atom is 0.221 e. The zero-order valence-corrected chi connectivity index (χ0v) is 12.6. The smallest absolute Gasteiger partial charge is 0.221 e. The summed E-state index contributed by atoms with van der Waals surface area (Å²) in [6.07, 6.45) is 2.06. The van der Waals surface area contributed by atoms with Gasteiger partial charge in [-0.25, -0.2) is 0 Å². The van der Waals surface area contributed by atoms with Gasteiger partial charge in [0, 0.05) is 32.7 Å². The lowest BCUT2D eigenvalue weighted by molar-refractivity contribution is -0.121. The minimum atomic E-state index is -0.504. The Labute approximate surface area is 117 Å². The van der Waals surface area contributed by atoms with Crippen LogP contribution in [0.5, 0.6) is 0 Å². The van der Waals surface area contributed by atoms with Crippen LogP contribution >= 0.6 is 0 Å². The summed E-state index contributed by atoms with van der Waals surface area (Å²) in [7, 11) is 0. The molecule has 0 saturated carbocycles. The fraction of sp³-hybridized carbons (Fsp3) is 0.929. The Kier molecular flexibility index (Phi) is 12.0. The Bertz CT molecular complexity index is 223. The van der Waals surface area contributed by atoms with Crippen molar-refractivity contribution in [2.24, 2.45) is 5.92 Å². The molecule has 5 heteroatoms. The van der Waals surface area contributed by atoms with Gasteiger partial charge in [0.15, 0.2) is 0 Å². The van der Waals surface area contributed by atoms with Crippen molar-refractivity contribution in [1.82, 2.24) is 10.6 Å². The van der Waals surface area contributed by atoms with E-state index in [1.807, 2.05) is 0 Å². The highest BCUT2D eigenvalue weighted by Crippen LogP contribution is 1.91. The Morgan fingerprint density at radius 2 is 2.05 bits per heavy atom. The molecule has 0 fully saturated rings. The van der Waals surface area contributed by atoms with E-state index in [9.17, 15) is 9.90 Å². The van der Waals surface area contributed by atoms with E-state index >= 15 is 0 Å². The molecule has 0 aliphatic rings. The van der Waals surface area contributed by atoms with E-state index < -0.39 is 6.10 Å². The lowest BCUT2D eigenvalue weighted by Gasteiger charge is -2.12. The molecule has 0 aromatic heterocycles. The number of carbonyl (C=O) groups is 1. The number of rotatable bonds is 12. The van der Waals surface area contributed by atoms with Gasteiger partial charge in [-0.15, -0.1) is 0 Å². The highest BCUT2D eigenvalue weighted by molar-refractivity contribution is 5.76. The van der Waals surface area contributed by atoms with Crippen molar-refractivity contribution in [3.63, 3.8) is 0 Å². The van der Waals surface area contributed by atoms with Crippen LogP contribution in [0.1, 0.15) is 40.0 Å². The van der Waals surface area contributed by atoms with Crippen molar-refractivity contribution in [1.29, 1.82) is 0 Å². The van der Waals surface area contributed by atoms with Crippen LogP contribution in [-0.2, 0) is 9.53 Å². The number of unbranched alkanes of at least 4 members (excludes halogenated alkanes) is 1. The molecule has 5 nitrogen and oxygen atoms in total. The minimum absolute atomic E-state index is 0.0508. The highest BCUT2D eigenvalue weighted by atomic mass is 16.5. The number of hydrogen-bond donors (Lipinski definition) is 3. The SMILES string of the molecule is CCCCOCC(O)CNCCC(=O)NCC(C)C. The molecule has 3 N–H and O–H groups in total. The van der Waals surface area contributed by atoms with Crippen molar-refractivity contribution < 1.29 is 14.6 Å². The van der Waals surface area contributed by atoms with Crippen LogP contribution in [0.15, 0.2) is 0 Å². The third-order valence-electron chi connectivity index (χ3n) is 2.57. The van der Waals surface area contributed by atoms with Gasteiger partial charge in [0.2, 0.25) is 5.91 Å². The second-order valence-electron chi connectivity index (χ2n) is 5.23. The Balaban J connectivity index is 3.35. The van der Waals surface area contributed by atoms with Crippen LogP contribution in [0, 0.1) is 5.92 Å². The monoisotopic (exact) mass is 274 g/mol. The number of aliphatic hydroxyl groups excluding tert-OH is 1. The molecule has 1 amide bonds. The van der Waals surface area contributed by atoms with Gasteiger partial charge in [-0.05, 0) is 12.3 Å². The molecule has 0 spiro atoms. The number of amides is 1. The molecule has 0 aromatic rings. The van der Waals surface area contributed by atoms with Crippen LogP contribution in [0.2, 0.25) is 0 Å². The molecule has 0 saturated heterocycles. The first kappa shape index (κ1) is 18.4. The summed E-state index contributed by atoms with van der Waals surface area (Å²) >= 11 is 0. The van der Waals surface area contributed by atoms with E-state index in [0.29, 0.717) is 45.2 Å². The molecule has 0 aliphatic heterocycles. The minimum Gasteiger partial charge on any atom is -0.389 e. The zero-order chi connectivity index (χ0) is 14.5. The molecule has 19 heavy (non-hydrogen) atoms. The van der Waals surface area contributed by atoms with E-state index in [2.05, 4.69) is 31.4 Å². The van der Waals surface area contributed by atoms with Gasteiger partial charge in [0.05, 0.1) is 12.7 Å². The molecular weight excluding hydrogens is 244 g/mol. The standard InChI is InChI=1S/C14H30N2O3/c1-4-5-8-19-11-13(17)10-15-7-6-14(18)16-9-12(2)3/h12-13,15,17H,4-11H2,1-3H3,(H,16,18). The average molecular weight is 274 g/mol. The van der Waals surface area contributed by atoms with E-state index in [1.165, 1.54) is 0 Å². The maximum atomic E-state index is 11.4. The van der Waals surface area contributed by atoms with Gasteiger partial charge in [-0.1, -0.05) is 27.2 Å². The predicted octanol–water partition coefficient (Wildman–Crippen LogP) is 0.916. The van der Waals surface area contributed by atoms with Crippen molar-refractivity contribution in [2.45, 2.75) is 46.1 Å². The summed E-state index contributed by atoms with van der Waals surface area (Å²) in [5.41, 5.74) is 0. The molecule has 0 bridgehead atoms. The third kappa shape index (κ3) is 13.6. The fourth-order valence-corrected chi connectivity index (χ4v) is 1.40. The lowest BCUT2D eigenvalue weighted by Crippen LogP contribution is -2.34. The number of ether oxygens (including phenoxy) is 1. The van der Waals surface area contributed by atoms with Gasteiger partial charge in [-0.2, -0.15) is 0 Å². The largest absolute Gasteiger partial charge is 0.389 e. The van der Waals surface area contributed by atoms with Gasteiger partial charge >= 0.3 is 0 Å². The van der Waals surface area contributed by atoms with E-state index in [1.54, 1.807) is 0 Å². The topological polar surface area (TPSA) is 70.6 Å². The van der Waals surface area contributed by atoms with E-state index in [-0.39, 0.29) is 5.91 Å². The van der Waals surface area contributed by atoms with Crippen LogP contribution in [-0.4, -0.2) is 50.0 Å². The van der Waals surface area contributed by atoms with Crippen molar-refractivity contribution in [2.75, 3.05) is 32.8 Å². The highest BCUT2D eigenvalue weighted by Gasteiger charge is 2.05. The predicted molar refractivity (Wildman–Crippen MR) is 77.1 cm³/mol. The molecule has 0 aliphatic carbocycles. The summed E-state index contributed by atoms with van der Waals surface area (Å²) in [6, 6.07) is 0. The van der Waals surface area contributed by atoms with E-state index in [0.717, 1.165) is 12.8 Å². The molecule has 0 radical (unpaired) electrons. The van der Waals surface area contributed by atoms with Gasteiger partial charge in [-0.3, -0.25) is 4.79 Å². The second-order valence-corrected chi connectivity index (χ2v) is 5.23.